The lowest BCUT2D eigenvalue weighted by atomic mass is 9.64. The van der Waals surface area contributed by atoms with Crippen LogP contribution in [0.15, 0.2) is 277 Å². The zero-order valence-corrected chi connectivity index (χ0v) is 41.2. The minimum Gasteiger partial charge on any atom is -0.456 e. The van der Waals surface area contributed by atoms with Crippen molar-refractivity contribution < 1.29 is 4.42 Å². The summed E-state index contributed by atoms with van der Waals surface area (Å²) in [6.07, 6.45) is 0. The van der Waals surface area contributed by atoms with Crippen LogP contribution in [-0.2, 0) is 5.41 Å². The Morgan fingerprint density at radius 3 is 1.72 bits per heavy atom. The van der Waals surface area contributed by atoms with Gasteiger partial charge in [-0.25, -0.2) is 4.98 Å². The van der Waals surface area contributed by atoms with Crippen LogP contribution in [0.3, 0.4) is 0 Å². The topological polar surface area (TPSA) is 34.2 Å². The maximum absolute atomic E-state index is 6.63. The van der Waals surface area contributed by atoms with E-state index >= 15 is 0 Å². The molecule has 4 heterocycles. The highest BCUT2D eigenvalue weighted by Gasteiger charge is 2.52. The molecule has 1 spiro atoms. The zero-order chi connectivity index (χ0) is 49.9. The minimum absolute atomic E-state index is 0.688. The molecule has 0 fully saturated rings. The molecular formula is C72H45N3O. The Bertz CT molecular complexity index is 4570. The summed E-state index contributed by atoms with van der Waals surface area (Å²) < 4.78 is 9.04. The van der Waals surface area contributed by atoms with E-state index in [4.69, 9.17) is 9.40 Å². The first kappa shape index (κ1) is 42.5. The van der Waals surface area contributed by atoms with Gasteiger partial charge in [0, 0.05) is 32.8 Å². The van der Waals surface area contributed by atoms with Crippen LogP contribution in [-0.4, -0.2) is 9.55 Å². The first-order valence-electron chi connectivity index (χ1n) is 26.1. The summed E-state index contributed by atoms with van der Waals surface area (Å²) in [5.41, 5.74) is 22.9. The van der Waals surface area contributed by atoms with Crippen molar-refractivity contribution in [1.82, 2.24) is 9.55 Å². The monoisotopic (exact) mass is 967 g/mol. The third-order valence-electron chi connectivity index (χ3n) is 16.2. The van der Waals surface area contributed by atoms with Gasteiger partial charge in [-0.1, -0.05) is 206 Å². The van der Waals surface area contributed by atoms with E-state index < -0.39 is 5.41 Å². The normalized spacial score (nSPS) is 14.3. The molecule has 4 nitrogen and oxygen atoms in total. The van der Waals surface area contributed by atoms with Crippen molar-refractivity contribution in [2.24, 2.45) is 0 Å². The van der Waals surface area contributed by atoms with Gasteiger partial charge < -0.3 is 8.98 Å². The summed E-state index contributed by atoms with van der Waals surface area (Å²) in [5.74, 6) is 0.848. The van der Waals surface area contributed by atoms with E-state index in [1.165, 1.54) is 60.8 Å². The Balaban J connectivity index is 0.958. The third kappa shape index (κ3) is 6.16. The number of furan rings is 1. The van der Waals surface area contributed by atoms with Crippen LogP contribution in [0.25, 0.3) is 105 Å². The summed E-state index contributed by atoms with van der Waals surface area (Å²) in [4.78, 5) is 8.10. The van der Waals surface area contributed by atoms with Crippen molar-refractivity contribution in [3.05, 3.63) is 295 Å². The first-order chi connectivity index (χ1) is 37.7. The molecular weight excluding hydrogens is 923 g/mol. The molecule has 16 rings (SSSR count). The Morgan fingerprint density at radius 1 is 0.342 bits per heavy atom. The number of benzene rings is 11. The van der Waals surface area contributed by atoms with Crippen molar-refractivity contribution >= 4 is 60.9 Å². The summed E-state index contributed by atoms with van der Waals surface area (Å²) >= 11 is 0. The highest BCUT2D eigenvalue weighted by atomic mass is 16.3. The van der Waals surface area contributed by atoms with E-state index in [1.807, 2.05) is 0 Å². The SMILES string of the molecule is c1ccc(-c2ccc(-n3c4ccccc4c4cc(-c5ccc6c(c5)N(c5cc(-c7ccccc7)cc(-c7ccccc7)n5)c5ccccc5C65c6ccccc6-c6c5ccc5oc7ccccc7c65)ccc43)cc2)cc1. The fourth-order valence-electron chi connectivity index (χ4n) is 12.9. The number of rotatable bonds is 6. The quantitative estimate of drug-likeness (QED) is 0.167. The van der Waals surface area contributed by atoms with Gasteiger partial charge in [-0.2, -0.15) is 0 Å². The smallest absolute Gasteiger partial charge is 0.138 e. The van der Waals surface area contributed by atoms with Gasteiger partial charge in [-0.15, -0.1) is 0 Å². The fourth-order valence-corrected chi connectivity index (χ4v) is 12.9. The molecule has 1 aliphatic carbocycles. The number of anilines is 3. The molecule has 0 bridgehead atoms. The van der Waals surface area contributed by atoms with Gasteiger partial charge in [0.1, 0.15) is 17.0 Å². The molecule has 0 N–H and O–H groups in total. The van der Waals surface area contributed by atoms with E-state index in [9.17, 15) is 0 Å². The lowest BCUT2D eigenvalue weighted by Gasteiger charge is -2.45. The van der Waals surface area contributed by atoms with Crippen molar-refractivity contribution in [3.63, 3.8) is 0 Å². The molecule has 0 radical (unpaired) electrons. The number of hydrogen-bond acceptors (Lipinski definition) is 3. The molecule has 11 aromatic carbocycles. The Kier molecular flexibility index (Phi) is 9.22. The zero-order valence-electron chi connectivity index (χ0n) is 41.2. The van der Waals surface area contributed by atoms with E-state index in [1.54, 1.807) is 0 Å². The molecule has 3 aromatic heterocycles. The van der Waals surface area contributed by atoms with Gasteiger partial charge in [0.2, 0.25) is 0 Å². The summed E-state index contributed by atoms with van der Waals surface area (Å²) in [6, 6.07) is 99.5. The van der Waals surface area contributed by atoms with Crippen LogP contribution in [0.5, 0.6) is 0 Å². The molecule has 0 saturated heterocycles. The number of hydrogen-bond donors (Lipinski definition) is 0. The average Bonchev–Trinajstić information content (AvgIpc) is 4.34. The van der Waals surface area contributed by atoms with Gasteiger partial charge >= 0.3 is 0 Å². The number of fused-ring (bicyclic) bond motifs is 16. The second kappa shape index (κ2) is 16.5. The van der Waals surface area contributed by atoms with Crippen LogP contribution in [0.4, 0.5) is 17.2 Å². The molecule has 354 valence electrons. The van der Waals surface area contributed by atoms with Crippen LogP contribution in [0.1, 0.15) is 22.3 Å². The molecule has 2 aliphatic rings. The van der Waals surface area contributed by atoms with E-state index in [-0.39, 0.29) is 0 Å². The van der Waals surface area contributed by atoms with E-state index in [0.29, 0.717) is 0 Å². The molecule has 1 atom stereocenters. The summed E-state index contributed by atoms with van der Waals surface area (Å²) in [6.45, 7) is 0. The first-order valence-corrected chi connectivity index (χ1v) is 26.1. The molecule has 1 aliphatic heterocycles. The van der Waals surface area contributed by atoms with Gasteiger partial charge in [-0.05, 0) is 133 Å². The summed E-state index contributed by atoms with van der Waals surface area (Å²) in [7, 11) is 0. The van der Waals surface area contributed by atoms with Crippen LogP contribution < -0.4 is 4.90 Å². The Labute approximate surface area is 439 Å². The van der Waals surface area contributed by atoms with Crippen molar-refractivity contribution in [2.45, 2.75) is 5.41 Å². The van der Waals surface area contributed by atoms with Crippen molar-refractivity contribution in [3.8, 4) is 61.5 Å². The summed E-state index contributed by atoms with van der Waals surface area (Å²) in [5, 5.41) is 4.70. The van der Waals surface area contributed by atoms with Crippen LogP contribution in [0.2, 0.25) is 0 Å². The predicted molar refractivity (Wildman–Crippen MR) is 313 cm³/mol. The van der Waals surface area contributed by atoms with Crippen LogP contribution in [0, 0.1) is 0 Å². The second-order valence-corrected chi connectivity index (χ2v) is 20.2. The van der Waals surface area contributed by atoms with Gasteiger partial charge in [0.25, 0.3) is 0 Å². The standard InChI is InChI=1S/C72H45N3O/c1-4-18-46(19-5-1)48-32-36-53(37-33-48)74-63-29-15-11-24-54(63)57-42-50(35-40-64(57)74)51-34-38-60-66(44-51)75(69-45-52(47-20-6-2-7-21-47)43-62(73-69)49-22-8-3-9-23-49)65-30-16-14-28-59(65)72(60)58-27-13-10-25-55(58)70-61(72)39-41-68-71(70)56-26-12-17-31-67(56)76-68/h1-45H. The van der Waals surface area contributed by atoms with Crippen molar-refractivity contribution in [2.75, 3.05) is 4.90 Å². The maximum Gasteiger partial charge on any atom is 0.138 e. The third-order valence-corrected chi connectivity index (χ3v) is 16.2. The molecule has 14 aromatic rings. The number of nitrogens with zero attached hydrogens (tertiary/aromatic N) is 3. The molecule has 4 heteroatoms. The van der Waals surface area contributed by atoms with Gasteiger partial charge in [-0.3, -0.25) is 4.90 Å². The maximum atomic E-state index is 6.63. The van der Waals surface area contributed by atoms with Crippen LogP contribution >= 0.6 is 0 Å². The fraction of sp³-hybridized carbons (Fsp3) is 0.0139. The predicted octanol–water partition coefficient (Wildman–Crippen LogP) is 18.9. The van der Waals surface area contributed by atoms with E-state index in [0.717, 1.165) is 83.8 Å². The molecule has 0 amide bonds. The second-order valence-electron chi connectivity index (χ2n) is 20.2. The van der Waals surface area contributed by atoms with Crippen molar-refractivity contribution in [1.29, 1.82) is 0 Å². The lowest BCUT2D eigenvalue weighted by molar-refractivity contribution is 0.668. The highest BCUT2D eigenvalue weighted by Crippen LogP contribution is 2.65. The number of para-hydroxylation sites is 3. The van der Waals surface area contributed by atoms with Gasteiger partial charge in [0.15, 0.2) is 0 Å². The molecule has 76 heavy (non-hydrogen) atoms. The largest absolute Gasteiger partial charge is 0.456 e. The Morgan fingerprint density at radius 2 is 0.921 bits per heavy atom. The highest BCUT2D eigenvalue weighted by molar-refractivity contribution is 6.16. The number of pyridine rings is 1. The van der Waals surface area contributed by atoms with E-state index in [2.05, 4.69) is 282 Å². The lowest BCUT2D eigenvalue weighted by Crippen LogP contribution is -2.36. The Hall–Kier alpha value is -10.0. The van der Waals surface area contributed by atoms with Gasteiger partial charge in [0.05, 0.1) is 33.5 Å². The molecule has 0 saturated carbocycles. The molecule has 1 unspecified atom stereocenters. The number of aromatic nitrogens is 2. The minimum atomic E-state index is -0.688. The average molecular weight is 968 g/mol.